The Morgan fingerprint density at radius 3 is 2.54 bits per heavy atom. The zero-order valence-corrected chi connectivity index (χ0v) is 14.3. The van der Waals surface area contributed by atoms with Crippen LogP contribution in [-0.4, -0.2) is 18.0 Å². The van der Waals surface area contributed by atoms with Crippen LogP contribution in [0.3, 0.4) is 0 Å². The summed E-state index contributed by atoms with van der Waals surface area (Å²) < 4.78 is 7.12. The van der Waals surface area contributed by atoms with Crippen molar-refractivity contribution in [1.82, 2.24) is 0 Å². The molecule has 0 aliphatic rings. The van der Waals surface area contributed by atoms with E-state index in [0.29, 0.717) is 24.2 Å². The van der Waals surface area contributed by atoms with Gasteiger partial charge in [0.05, 0.1) is 18.1 Å². The molecular formula is C19H23N2O3+. The van der Waals surface area contributed by atoms with Crippen LogP contribution in [0.2, 0.25) is 0 Å². The molecule has 0 saturated carbocycles. The number of amides is 1. The molecule has 0 aliphatic heterocycles. The second-order valence-corrected chi connectivity index (χ2v) is 5.95. The number of pyridine rings is 1. The van der Waals surface area contributed by atoms with Gasteiger partial charge < -0.3 is 10.1 Å². The summed E-state index contributed by atoms with van der Waals surface area (Å²) in [4.78, 5) is 24.0. The lowest BCUT2D eigenvalue weighted by molar-refractivity contribution is -0.695. The maximum Gasteiger partial charge on any atom is 0.338 e. The highest BCUT2D eigenvalue weighted by molar-refractivity contribution is 5.94. The molecule has 24 heavy (non-hydrogen) atoms. The summed E-state index contributed by atoms with van der Waals surface area (Å²) in [5, 5.41) is 2.81. The molecule has 0 fully saturated rings. The van der Waals surface area contributed by atoms with Gasteiger partial charge in [0.25, 0.3) is 0 Å². The second-order valence-electron chi connectivity index (χ2n) is 5.95. The fourth-order valence-corrected chi connectivity index (χ4v) is 2.14. The quantitative estimate of drug-likeness (QED) is 0.655. The molecule has 5 heteroatoms. The standard InChI is InChI=1S/C19H22N2O3/c1-14(2)24-19(23)16-5-4-6-17(13-16)20-18(22)9-12-21-10-7-15(3)8-11-21/h4-8,10-11,13-14H,9,12H2,1-3H3/p+1. The van der Waals surface area contributed by atoms with Crippen molar-refractivity contribution in [3.05, 3.63) is 59.9 Å². The lowest BCUT2D eigenvalue weighted by Gasteiger charge is -2.09. The highest BCUT2D eigenvalue weighted by Gasteiger charge is 2.11. The molecule has 0 unspecified atom stereocenters. The van der Waals surface area contributed by atoms with Crippen molar-refractivity contribution in [2.45, 2.75) is 39.8 Å². The van der Waals surface area contributed by atoms with Crippen molar-refractivity contribution in [3.8, 4) is 0 Å². The molecule has 1 heterocycles. The Morgan fingerprint density at radius 2 is 1.88 bits per heavy atom. The molecule has 2 aromatic rings. The molecule has 1 aromatic heterocycles. The zero-order chi connectivity index (χ0) is 17.5. The third-order valence-corrected chi connectivity index (χ3v) is 3.38. The summed E-state index contributed by atoms with van der Waals surface area (Å²) in [5.41, 5.74) is 2.20. The summed E-state index contributed by atoms with van der Waals surface area (Å²) in [6, 6.07) is 10.8. The number of nitrogens with zero attached hydrogens (tertiary/aromatic N) is 1. The Hall–Kier alpha value is -2.69. The van der Waals surface area contributed by atoms with E-state index in [1.807, 2.05) is 36.0 Å². The van der Waals surface area contributed by atoms with E-state index in [9.17, 15) is 9.59 Å². The van der Waals surface area contributed by atoms with Gasteiger partial charge in [-0.3, -0.25) is 4.79 Å². The number of hydrogen-bond acceptors (Lipinski definition) is 3. The van der Waals surface area contributed by atoms with Crippen molar-refractivity contribution in [2.75, 3.05) is 5.32 Å². The number of benzene rings is 1. The summed E-state index contributed by atoms with van der Waals surface area (Å²) in [6.07, 6.45) is 4.08. The third-order valence-electron chi connectivity index (χ3n) is 3.38. The lowest BCUT2D eigenvalue weighted by Crippen LogP contribution is -2.34. The molecule has 0 spiro atoms. The Kier molecular flexibility index (Phi) is 6.07. The molecule has 0 saturated heterocycles. The molecule has 0 atom stereocenters. The SMILES string of the molecule is Cc1cc[n+](CCC(=O)Nc2cccc(C(=O)OC(C)C)c2)cc1. The molecule has 1 aromatic carbocycles. The van der Waals surface area contributed by atoms with Crippen LogP contribution in [0.15, 0.2) is 48.8 Å². The van der Waals surface area contributed by atoms with E-state index in [-0.39, 0.29) is 12.0 Å². The summed E-state index contributed by atoms with van der Waals surface area (Å²) >= 11 is 0. The highest BCUT2D eigenvalue weighted by Crippen LogP contribution is 2.13. The van der Waals surface area contributed by atoms with Crippen molar-refractivity contribution in [1.29, 1.82) is 0 Å². The average molecular weight is 327 g/mol. The molecule has 2 rings (SSSR count). The molecule has 126 valence electrons. The van der Waals surface area contributed by atoms with E-state index in [1.165, 1.54) is 5.56 Å². The monoisotopic (exact) mass is 327 g/mol. The molecule has 5 nitrogen and oxygen atoms in total. The van der Waals surface area contributed by atoms with E-state index in [2.05, 4.69) is 5.32 Å². The van der Waals surface area contributed by atoms with Crippen LogP contribution in [0.4, 0.5) is 5.69 Å². The maximum atomic E-state index is 12.1. The summed E-state index contributed by atoms with van der Waals surface area (Å²) in [6.45, 7) is 6.22. The van der Waals surface area contributed by atoms with Gasteiger partial charge in [0, 0.05) is 17.8 Å². The third kappa shape index (κ3) is 5.50. The van der Waals surface area contributed by atoms with Gasteiger partial charge in [-0.1, -0.05) is 6.07 Å². The predicted molar refractivity (Wildman–Crippen MR) is 91.6 cm³/mol. The summed E-state index contributed by atoms with van der Waals surface area (Å²) in [5.74, 6) is -0.492. The van der Waals surface area contributed by atoms with Crippen LogP contribution >= 0.6 is 0 Å². The van der Waals surface area contributed by atoms with E-state index in [1.54, 1.807) is 38.1 Å². The van der Waals surface area contributed by atoms with Gasteiger partial charge in [-0.25, -0.2) is 9.36 Å². The first-order valence-electron chi connectivity index (χ1n) is 8.00. The number of carbonyl (C=O) groups is 2. The number of ether oxygens (including phenoxy) is 1. The second kappa shape index (κ2) is 8.24. The number of nitrogens with one attached hydrogen (secondary N) is 1. The highest BCUT2D eigenvalue weighted by atomic mass is 16.5. The van der Waals surface area contributed by atoms with Gasteiger partial charge in [0.2, 0.25) is 5.91 Å². The van der Waals surface area contributed by atoms with Crippen LogP contribution in [0.1, 0.15) is 36.2 Å². The minimum Gasteiger partial charge on any atom is -0.459 e. The molecule has 0 bridgehead atoms. The minimum atomic E-state index is -0.392. The molecule has 1 N–H and O–H groups in total. The number of rotatable bonds is 6. The Labute approximate surface area is 142 Å². The minimum absolute atomic E-state index is 0.0996. The predicted octanol–water partition coefficient (Wildman–Crippen LogP) is 2.88. The van der Waals surface area contributed by atoms with Gasteiger partial charge in [-0.05, 0) is 44.5 Å². The molecule has 0 aliphatic carbocycles. The number of aryl methyl sites for hydroxylation is 2. The van der Waals surface area contributed by atoms with Crippen molar-refractivity contribution in [2.24, 2.45) is 0 Å². The lowest BCUT2D eigenvalue weighted by atomic mass is 10.2. The van der Waals surface area contributed by atoms with Crippen LogP contribution in [0, 0.1) is 6.92 Å². The van der Waals surface area contributed by atoms with Gasteiger partial charge in [-0.15, -0.1) is 0 Å². The normalized spacial score (nSPS) is 10.5. The number of carbonyl (C=O) groups excluding carboxylic acids is 2. The van der Waals surface area contributed by atoms with Gasteiger partial charge in [0.15, 0.2) is 18.9 Å². The Morgan fingerprint density at radius 1 is 1.17 bits per heavy atom. The van der Waals surface area contributed by atoms with E-state index < -0.39 is 5.97 Å². The average Bonchev–Trinajstić information content (AvgIpc) is 2.54. The van der Waals surface area contributed by atoms with Gasteiger partial charge in [-0.2, -0.15) is 0 Å². The van der Waals surface area contributed by atoms with Gasteiger partial charge >= 0.3 is 5.97 Å². The van der Waals surface area contributed by atoms with Crippen LogP contribution in [-0.2, 0) is 16.1 Å². The Balaban J connectivity index is 1.91. The van der Waals surface area contributed by atoms with E-state index in [0.717, 1.165) is 0 Å². The van der Waals surface area contributed by atoms with Crippen molar-refractivity contribution < 1.29 is 18.9 Å². The molecule has 1 amide bonds. The maximum absolute atomic E-state index is 12.1. The van der Waals surface area contributed by atoms with Crippen molar-refractivity contribution in [3.63, 3.8) is 0 Å². The fourth-order valence-electron chi connectivity index (χ4n) is 2.14. The number of hydrogen-bond donors (Lipinski definition) is 1. The smallest absolute Gasteiger partial charge is 0.338 e. The molecule has 0 radical (unpaired) electrons. The van der Waals surface area contributed by atoms with Crippen LogP contribution in [0.5, 0.6) is 0 Å². The zero-order valence-electron chi connectivity index (χ0n) is 14.3. The number of aromatic nitrogens is 1. The first kappa shape index (κ1) is 17.7. The topological polar surface area (TPSA) is 59.3 Å². The van der Waals surface area contributed by atoms with Crippen LogP contribution < -0.4 is 9.88 Å². The van der Waals surface area contributed by atoms with Crippen molar-refractivity contribution >= 4 is 17.6 Å². The van der Waals surface area contributed by atoms with E-state index in [4.69, 9.17) is 4.74 Å². The first-order valence-corrected chi connectivity index (χ1v) is 8.00. The number of esters is 1. The number of anilines is 1. The van der Waals surface area contributed by atoms with Gasteiger partial charge in [0.1, 0.15) is 0 Å². The summed E-state index contributed by atoms with van der Waals surface area (Å²) in [7, 11) is 0. The molecular weight excluding hydrogens is 304 g/mol. The largest absolute Gasteiger partial charge is 0.459 e. The van der Waals surface area contributed by atoms with E-state index >= 15 is 0 Å². The van der Waals surface area contributed by atoms with Crippen LogP contribution in [0.25, 0.3) is 0 Å². The fraction of sp³-hybridized carbons (Fsp3) is 0.316. The Bertz CT molecular complexity index is 709. The first-order chi connectivity index (χ1) is 11.4.